The van der Waals surface area contributed by atoms with Crippen LogP contribution in [-0.4, -0.2) is 38.5 Å². The first-order valence-electron chi connectivity index (χ1n) is 6.77. The molecule has 0 saturated heterocycles. The molecular formula is C15H16N4OS. The SMILES string of the molecule is Cn1ccnc1SCC(=O)N1CCC(c2ccccc2)=N1. The second-order valence-corrected chi connectivity index (χ2v) is 5.73. The summed E-state index contributed by atoms with van der Waals surface area (Å²) in [6, 6.07) is 9.99. The van der Waals surface area contributed by atoms with E-state index in [4.69, 9.17) is 0 Å². The Morgan fingerprint density at radius 2 is 2.14 bits per heavy atom. The average molecular weight is 300 g/mol. The van der Waals surface area contributed by atoms with Gasteiger partial charge in [0.1, 0.15) is 0 Å². The maximum Gasteiger partial charge on any atom is 0.253 e. The Labute approximate surface area is 127 Å². The van der Waals surface area contributed by atoms with E-state index >= 15 is 0 Å². The number of carbonyl (C=O) groups excluding carboxylic acids is 1. The van der Waals surface area contributed by atoms with E-state index in [1.807, 2.05) is 48.1 Å². The van der Waals surface area contributed by atoms with Crippen molar-refractivity contribution >= 4 is 23.4 Å². The Morgan fingerprint density at radius 1 is 1.33 bits per heavy atom. The lowest BCUT2D eigenvalue weighted by Gasteiger charge is -2.10. The van der Waals surface area contributed by atoms with E-state index in [1.54, 1.807) is 11.2 Å². The average Bonchev–Trinajstić information content (AvgIpc) is 3.15. The van der Waals surface area contributed by atoms with Crippen molar-refractivity contribution in [3.05, 3.63) is 48.3 Å². The van der Waals surface area contributed by atoms with Crippen molar-refractivity contribution in [3.8, 4) is 0 Å². The molecule has 0 unspecified atom stereocenters. The van der Waals surface area contributed by atoms with Gasteiger partial charge in [-0.25, -0.2) is 9.99 Å². The quantitative estimate of drug-likeness (QED) is 0.813. The Morgan fingerprint density at radius 3 is 2.86 bits per heavy atom. The molecule has 1 aromatic carbocycles. The van der Waals surface area contributed by atoms with Crippen LogP contribution in [0.3, 0.4) is 0 Å². The van der Waals surface area contributed by atoms with E-state index < -0.39 is 0 Å². The minimum atomic E-state index is 0.0222. The van der Waals surface area contributed by atoms with Crippen molar-refractivity contribution < 1.29 is 4.79 Å². The number of hydrazone groups is 1. The summed E-state index contributed by atoms with van der Waals surface area (Å²) < 4.78 is 1.90. The van der Waals surface area contributed by atoms with E-state index in [2.05, 4.69) is 10.1 Å². The van der Waals surface area contributed by atoms with E-state index in [0.29, 0.717) is 12.3 Å². The van der Waals surface area contributed by atoms with E-state index in [0.717, 1.165) is 22.9 Å². The lowest BCUT2D eigenvalue weighted by atomic mass is 10.1. The topological polar surface area (TPSA) is 50.5 Å². The lowest BCUT2D eigenvalue weighted by Crippen LogP contribution is -2.25. The molecule has 0 radical (unpaired) electrons. The van der Waals surface area contributed by atoms with E-state index in [1.165, 1.54) is 11.8 Å². The number of nitrogens with zero attached hydrogens (tertiary/aromatic N) is 4. The van der Waals surface area contributed by atoms with Gasteiger partial charge in [0.25, 0.3) is 5.91 Å². The fourth-order valence-electron chi connectivity index (χ4n) is 2.16. The first-order valence-corrected chi connectivity index (χ1v) is 7.76. The minimum absolute atomic E-state index is 0.0222. The third kappa shape index (κ3) is 3.16. The van der Waals surface area contributed by atoms with Gasteiger partial charge >= 0.3 is 0 Å². The van der Waals surface area contributed by atoms with Gasteiger partial charge in [0.15, 0.2) is 5.16 Å². The van der Waals surface area contributed by atoms with Crippen LogP contribution in [-0.2, 0) is 11.8 Å². The number of carbonyl (C=O) groups is 1. The molecule has 1 aliphatic rings. The Balaban J connectivity index is 1.61. The number of hydrogen-bond acceptors (Lipinski definition) is 4. The summed E-state index contributed by atoms with van der Waals surface area (Å²) in [5, 5.41) is 6.85. The number of aryl methyl sites for hydroxylation is 1. The summed E-state index contributed by atoms with van der Waals surface area (Å²) in [7, 11) is 1.92. The van der Waals surface area contributed by atoms with Crippen LogP contribution >= 0.6 is 11.8 Å². The first kappa shape index (κ1) is 13.9. The summed E-state index contributed by atoms with van der Waals surface area (Å²) in [5.41, 5.74) is 2.07. The number of thioether (sulfide) groups is 1. The second-order valence-electron chi connectivity index (χ2n) is 4.79. The third-order valence-corrected chi connectivity index (χ3v) is 4.34. The van der Waals surface area contributed by atoms with Gasteiger partial charge < -0.3 is 4.57 Å². The molecule has 1 aliphatic heterocycles. The summed E-state index contributed by atoms with van der Waals surface area (Å²) in [4.78, 5) is 16.4. The van der Waals surface area contributed by atoms with Crippen LogP contribution in [0.1, 0.15) is 12.0 Å². The predicted molar refractivity (Wildman–Crippen MR) is 83.2 cm³/mol. The second kappa shape index (κ2) is 6.13. The summed E-state index contributed by atoms with van der Waals surface area (Å²) in [6.45, 7) is 0.657. The van der Waals surface area contributed by atoms with E-state index in [-0.39, 0.29) is 5.91 Å². The minimum Gasteiger partial charge on any atom is -0.329 e. The van der Waals surface area contributed by atoms with Crippen molar-refractivity contribution in [2.24, 2.45) is 12.1 Å². The normalized spacial score (nSPS) is 14.3. The fraction of sp³-hybridized carbons (Fsp3) is 0.267. The Bertz CT molecular complexity index is 665. The summed E-state index contributed by atoms with van der Waals surface area (Å²) >= 11 is 1.44. The molecule has 0 saturated carbocycles. The number of imidazole rings is 1. The van der Waals surface area contributed by atoms with Crippen LogP contribution in [0.4, 0.5) is 0 Å². The van der Waals surface area contributed by atoms with Crippen molar-refractivity contribution in [2.45, 2.75) is 11.6 Å². The zero-order valence-electron chi connectivity index (χ0n) is 11.8. The number of benzene rings is 1. The molecular weight excluding hydrogens is 284 g/mol. The Hall–Kier alpha value is -2.08. The van der Waals surface area contributed by atoms with Crippen LogP contribution in [0.15, 0.2) is 53.0 Å². The lowest BCUT2D eigenvalue weighted by molar-refractivity contribution is -0.127. The number of amides is 1. The highest BCUT2D eigenvalue weighted by molar-refractivity contribution is 7.99. The molecule has 0 N–H and O–H groups in total. The Kier molecular flexibility index (Phi) is 4.06. The molecule has 2 heterocycles. The monoisotopic (exact) mass is 300 g/mol. The predicted octanol–water partition coefficient (Wildman–Crippen LogP) is 2.15. The number of aromatic nitrogens is 2. The largest absolute Gasteiger partial charge is 0.329 e. The van der Waals surface area contributed by atoms with Gasteiger partial charge in [0.2, 0.25) is 0 Å². The van der Waals surface area contributed by atoms with Crippen LogP contribution < -0.4 is 0 Å². The molecule has 2 aromatic rings. The van der Waals surface area contributed by atoms with Gasteiger partial charge in [-0.1, -0.05) is 42.1 Å². The van der Waals surface area contributed by atoms with Gasteiger partial charge in [-0.15, -0.1) is 0 Å². The standard InChI is InChI=1S/C15H16N4OS/c1-18-10-8-16-15(18)21-11-14(20)19-9-7-13(17-19)12-5-3-2-4-6-12/h2-6,8,10H,7,9,11H2,1H3. The van der Waals surface area contributed by atoms with Gasteiger partial charge in [-0.05, 0) is 5.56 Å². The van der Waals surface area contributed by atoms with Crippen LogP contribution in [0.5, 0.6) is 0 Å². The zero-order chi connectivity index (χ0) is 14.7. The molecule has 108 valence electrons. The maximum atomic E-state index is 12.2. The van der Waals surface area contributed by atoms with Gasteiger partial charge in [0.05, 0.1) is 18.0 Å². The van der Waals surface area contributed by atoms with Crippen molar-refractivity contribution in [1.82, 2.24) is 14.6 Å². The highest BCUT2D eigenvalue weighted by atomic mass is 32.2. The summed E-state index contributed by atoms with van der Waals surface area (Å²) in [5.74, 6) is 0.380. The third-order valence-electron chi connectivity index (χ3n) is 3.30. The molecule has 0 atom stereocenters. The molecule has 6 heteroatoms. The van der Waals surface area contributed by atoms with Gasteiger partial charge in [0, 0.05) is 25.9 Å². The van der Waals surface area contributed by atoms with Crippen molar-refractivity contribution in [2.75, 3.05) is 12.3 Å². The smallest absolute Gasteiger partial charge is 0.253 e. The van der Waals surface area contributed by atoms with Crippen LogP contribution in [0.25, 0.3) is 0 Å². The van der Waals surface area contributed by atoms with Crippen LogP contribution in [0, 0.1) is 0 Å². The summed E-state index contributed by atoms with van der Waals surface area (Å²) in [6.07, 6.45) is 4.41. The van der Waals surface area contributed by atoms with Crippen LogP contribution in [0.2, 0.25) is 0 Å². The number of hydrogen-bond donors (Lipinski definition) is 0. The molecule has 1 amide bonds. The molecule has 21 heavy (non-hydrogen) atoms. The first-order chi connectivity index (χ1) is 10.2. The molecule has 0 spiro atoms. The highest BCUT2D eigenvalue weighted by Crippen LogP contribution is 2.18. The molecule has 0 aliphatic carbocycles. The number of rotatable bonds is 4. The van der Waals surface area contributed by atoms with Gasteiger partial charge in [-0.2, -0.15) is 5.10 Å². The molecule has 1 aromatic heterocycles. The molecule has 0 fully saturated rings. The molecule has 0 bridgehead atoms. The van der Waals surface area contributed by atoms with E-state index in [9.17, 15) is 4.79 Å². The molecule has 5 nitrogen and oxygen atoms in total. The molecule has 3 rings (SSSR count). The maximum absolute atomic E-state index is 12.2. The zero-order valence-corrected chi connectivity index (χ0v) is 12.6. The van der Waals surface area contributed by atoms with Gasteiger partial charge in [-0.3, -0.25) is 4.79 Å². The van der Waals surface area contributed by atoms with Crippen molar-refractivity contribution in [1.29, 1.82) is 0 Å². The van der Waals surface area contributed by atoms with Crippen molar-refractivity contribution in [3.63, 3.8) is 0 Å². The highest BCUT2D eigenvalue weighted by Gasteiger charge is 2.21. The fourth-order valence-corrected chi connectivity index (χ4v) is 2.96.